The molecule has 0 bridgehead atoms. The number of methoxy groups -OCH3 is 2. The highest BCUT2D eigenvalue weighted by Crippen LogP contribution is 2.47. The van der Waals surface area contributed by atoms with Crippen molar-refractivity contribution in [3.8, 4) is 17.6 Å². The van der Waals surface area contributed by atoms with E-state index in [4.69, 9.17) is 9.47 Å². The number of hydrogen-bond donors (Lipinski definition) is 0. The quantitative estimate of drug-likeness (QED) is 0.816. The maximum Gasteiger partial charge on any atom is 0.142 e. The third kappa shape index (κ3) is 2.60. The molecule has 1 aromatic carbocycles. The monoisotopic (exact) mass is 260 g/mol. The lowest BCUT2D eigenvalue weighted by atomic mass is 10.1. The summed E-state index contributed by atoms with van der Waals surface area (Å²) in [4.78, 5) is 2.08. The number of nitrogens with zero attached hydrogens (tertiary/aromatic N) is 2. The van der Waals surface area contributed by atoms with Gasteiger partial charge in [0.25, 0.3) is 0 Å². The van der Waals surface area contributed by atoms with Crippen molar-refractivity contribution in [1.82, 2.24) is 0 Å². The van der Waals surface area contributed by atoms with Gasteiger partial charge in [-0.25, -0.2) is 0 Å². The van der Waals surface area contributed by atoms with Crippen LogP contribution in [0.1, 0.15) is 18.4 Å². The van der Waals surface area contributed by atoms with Gasteiger partial charge in [-0.3, -0.25) is 0 Å². The van der Waals surface area contributed by atoms with Crippen LogP contribution in [0.25, 0.3) is 0 Å². The Hall–Kier alpha value is -1.89. The van der Waals surface area contributed by atoms with E-state index in [-0.39, 0.29) is 5.41 Å². The molecule has 0 spiro atoms. The lowest BCUT2D eigenvalue weighted by Gasteiger charge is -2.25. The van der Waals surface area contributed by atoms with E-state index >= 15 is 0 Å². The zero-order valence-electron chi connectivity index (χ0n) is 12.0. The second-order valence-corrected chi connectivity index (χ2v) is 5.24. The van der Waals surface area contributed by atoms with Crippen LogP contribution >= 0.6 is 0 Å². The summed E-state index contributed by atoms with van der Waals surface area (Å²) in [6.45, 7) is 2.72. The first-order chi connectivity index (χ1) is 9.05. The minimum atomic E-state index is -0.169. The normalized spacial score (nSPS) is 15.5. The first-order valence-corrected chi connectivity index (χ1v) is 6.40. The van der Waals surface area contributed by atoms with Crippen molar-refractivity contribution >= 4 is 5.69 Å². The van der Waals surface area contributed by atoms with Gasteiger partial charge in [0.1, 0.15) is 11.5 Å². The van der Waals surface area contributed by atoms with Crippen LogP contribution in [-0.4, -0.2) is 27.8 Å². The molecule has 0 N–H and O–H groups in total. The fourth-order valence-corrected chi connectivity index (χ4v) is 2.33. The van der Waals surface area contributed by atoms with Crippen LogP contribution in [0.3, 0.4) is 0 Å². The Labute approximate surface area is 114 Å². The first-order valence-electron chi connectivity index (χ1n) is 6.40. The van der Waals surface area contributed by atoms with Gasteiger partial charge in [0.05, 0.1) is 31.4 Å². The first kappa shape index (κ1) is 13.5. The number of nitriles is 1. The topological polar surface area (TPSA) is 45.5 Å². The molecule has 19 heavy (non-hydrogen) atoms. The predicted octanol–water partition coefficient (Wildman–Crippen LogP) is 2.75. The smallest absolute Gasteiger partial charge is 0.142 e. The number of rotatable bonds is 5. The van der Waals surface area contributed by atoms with Crippen LogP contribution in [0.15, 0.2) is 12.1 Å². The average Bonchev–Trinajstić information content (AvgIpc) is 3.18. The molecule has 0 aliphatic heterocycles. The molecule has 0 saturated heterocycles. The van der Waals surface area contributed by atoms with Gasteiger partial charge in [0, 0.05) is 19.7 Å². The molecule has 102 valence electrons. The summed E-state index contributed by atoms with van der Waals surface area (Å²) >= 11 is 0. The number of aryl methyl sites for hydroxylation is 1. The number of ether oxygens (including phenoxy) is 2. The molecule has 1 fully saturated rings. The number of hydrogen-bond acceptors (Lipinski definition) is 4. The highest BCUT2D eigenvalue weighted by atomic mass is 16.5. The van der Waals surface area contributed by atoms with E-state index in [9.17, 15) is 5.26 Å². The number of benzene rings is 1. The number of anilines is 1. The van der Waals surface area contributed by atoms with Crippen LogP contribution < -0.4 is 14.4 Å². The standard InChI is InChI=1S/C15H20N2O2/c1-11-7-14(19-4)12(8-13(11)18-3)17(2)10-15(9-16)5-6-15/h7-8H,5-6,10H2,1-4H3. The molecule has 0 atom stereocenters. The molecule has 2 rings (SSSR count). The molecule has 0 unspecified atom stereocenters. The van der Waals surface area contributed by atoms with Crippen molar-refractivity contribution in [2.24, 2.45) is 5.41 Å². The highest BCUT2D eigenvalue weighted by Gasteiger charge is 2.44. The van der Waals surface area contributed by atoms with Crippen LogP contribution in [-0.2, 0) is 0 Å². The fraction of sp³-hybridized carbons (Fsp3) is 0.533. The van der Waals surface area contributed by atoms with E-state index in [0.717, 1.165) is 42.1 Å². The van der Waals surface area contributed by atoms with Gasteiger partial charge in [-0.2, -0.15) is 5.26 Å². The summed E-state index contributed by atoms with van der Waals surface area (Å²) < 4.78 is 10.8. The predicted molar refractivity (Wildman–Crippen MR) is 74.8 cm³/mol. The summed E-state index contributed by atoms with van der Waals surface area (Å²) in [6.07, 6.45) is 1.97. The lowest BCUT2D eigenvalue weighted by Crippen LogP contribution is -2.26. The average molecular weight is 260 g/mol. The van der Waals surface area contributed by atoms with Gasteiger partial charge >= 0.3 is 0 Å². The van der Waals surface area contributed by atoms with E-state index in [0.29, 0.717) is 0 Å². The van der Waals surface area contributed by atoms with E-state index in [1.54, 1.807) is 14.2 Å². The van der Waals surface area contributed by atoms with Gasteiger partial charge in [-0.15, -0.1) is 0 Å². The Morgan fingerprint density at radius 2 is 1.89 bits per heavy atom. The van der Waals surface area contributed by atoms with Gasteiger partial charge < -0.3 is 14.4 Å². The van der Waals surface area contributed by atoms with Crippen molar-refractivity contribution in [3.63, 3.8) is 0 Å². The molecule has 0 amide bonds. The molecule has 1 aliphatic carbocycles. The second kappa shape index (κ2) is 5.00. The molecular weight excluding hydrogens is 240 g/mol. The van der Waals surface area contributed by atoms with Crippen LogP contribution in [0.2, 0.25) is 0 Å². The molecule has 0 heterocycles. The second-order valence-electron chi connectivity index (χ2n) is 5.24. The maximum absolute atomic E-state index is 9.19. The Bertz CT molecular complexity index is 516. The minimum absolute atomic E-state index is 0.169. The molecular formula is C15H20N2O2. The molecule has 4 nitrogen and oxygen atoms in total. The lowest BCUT2D eigenvalue weighted by molar-refractivity contribution is 0.400. The summed E-state index contributed by atoms with van der Waals surface area (Å²) in [7, 11) is 5.32. The van der Waals surface area contributed by atoms with Gasteiger partial charge in [-0.1, -0.05) is 0 Å². The van der Waals surface area contributed by atoms with Gasteiger partial charge in [0.15, 0.2) is 0 Å². The van der Waals surface area contributed by atoms with Crippen molar-refractivity contribution in [3.05, 3.63) is 17.7 Å². The molecule has 0 aromatic heterocycles. The molecule has 4 heteroatoms. The summed E-state index contributed by atoms with van der Waals surface area (Å²) in [5.74, 6) is 1.65. The Kier molecular flexibility index (Phi) is 3.57. The van der Waals surface area contributed by atoms with Crippen molar-refractivity contribution < 1.29 is 9.47 Å². The van der Waals surface area contributed by atoms with Crippen LogP contribution in [0.4, 0.5) is 5.69 Å². The highest BCUT2D eigenvalue weighted by molar-refractivity contribution is 5.63. The molecule has 1 saturated carbocycles. The van der Waals surface area contributed by atoms with Crippen LogP contribution in [0, 0.1) is 23.7 Å². The van der Waals surface area contributed by atoms with Gasteiger partial charge in [0.2, 0.25) is 0 Å². The van der Waals surface area contributed by atoms with E-state index < -0.39 is 0 Å². The third-order valence-electron chi connectivity index (χ3n) is 3.74. The molecule has 1 aromatic rings. The van der Waals surface area contributed by atoms with E-state index in [1.807, 2.05) is 26.1 Å². The SMILES string of the molecule is COc1cc(N(C)CC2(C#N)CC2)c(OC)cc1C. The summed E-state index contributed by atoms with van der Waals surface area (Å²) in [5, 5.41) is 9.19. The van der Waals surface area contributed by atoms with Crippen LogP contribution in [0.5, 0.6) is 11.5 Å². The van der Waals surface area contributed by atoms with Crippen molar-refractivity contribution in [2.45, 2.75) is 19.8 Å². The Balaban J connectivity index is 2.29. The fourth-order valence-electron chi connectivity index (χ4n) is 2.33. The minimum Gasteiger partial charge on any atom is -0.496 e. The van der Waals surface area contributed by atoms with Gasteiger partial charge in [-0.05, 0) is 31.4 Å². The summed E-state index contributed by atoms with van der Waals surface area (Å²) in [6, 6.07) is 6.36. The van der Waals surface area contributed by atoms with E-state index in [2.05, 4.69) is 11.0 Å². The molecule has 0 radical (unpaired) electrons. The molecule has 1 aliphatic rings. The van der Waals surface area contributed by atoms with E-state index in [1.165, 1.54) is 0 Å². The Morgan fingerprint density at radius 1 is 1.26 bits per heavy atom. The van der Waals surface area contributed by atoms with Crippen molar-refractivity contribution in [1.29, 1.82) is 5.26 Å². The summed E-state index contributed by atoms with van der Waals surface area (Å²) in [5.41, 5.74) is 1.84. The zero-order valence-corrected chi connectivity index (χ0v) is 12.0. The zero-order chi connectivity index (χ0) is 14.0. The van der Waals surface area contributed by atoms with Crippen molar-refractivity contribution in [2.75, 3.05) is 32.7 Å². The third-order valence-corrected chi connectivity index (χ3v) is 3.74. The largest absolute Gasteiger partial charge is 0.496 e. The Morgan fingerprint density at radius 3 is 2.37 bits per heavy atom. The maximum atomic E-state index is 9.19.